The predicted molar refractivity (Wildman–Crippen MR) is 123 cm³/mol. The summed E-state index contributed by atoms with van der Waals surface area (Å²) in [4.78, 5) is 40.7. The summed E-state index contributed by atoms with van der Waals surface area (Å²) < 4.78 is 10.7. The second-order valence-electron chi connectivity index (χ2n) is 7.25. The van der Waals surface area contributed by atoms with Gasteiger partial charge in [0.05, 0.1) is 6.61 Å². The lowest BCUT2D eigenvalue weighted by Gasteiger charge is -2.22. The average molecular weight is 465 g/mol. The normalized spacial score (nSPS) is 15.6. The topological polar surface area (TPSA) is 76.2 Å². The summed E-state index contributed by atoms with van der Waals surface area (Å²) in [6.07, 6.45) is 0. The molecule has 1 fully saturated rings. The third-order valence-electron chi connectivity index (χ3n) is 5.07. The third-order valence-corrected chi connectivity index (χ3v) is 5.32. The maximum absolute atomic E-state index is 13.2. The standard InChI is InChI=1S/C25H21ClN2O5/c1-2-32-22(29)16-27-24(30)23(17-6-4-3-5-7-17)28(25(27)31)19-10-14-21(15-11-19)33-20-12-8-18(26)9-13-20/h3-15,23H,2,16H2,1H3. The maximum Gasteiger partial charge on any atom is 0.332 e. The third kappa shape index (κ3) is 4.83. The molecule has 0 aromatic heterocycles. The van der Waals surface area contributed by atoms with Crippen molar-refractivity contribution in [1.82, 2.24) is 4.90 Å². The van der Waals surface area contributed by atoms with E-state index in [-0.39, 0.29) is 6.61 Å². The zero-order chi connectivity index (χ0) is 23.4. The molecule has 0 spiro atoms. The number of imide groups is 1. The zero-order valence-electron chi connectivity index (χ0n) is 17.8. The van der Waals surface area contributed by atoms with Gasteiger partial charge in [-0.2, -0.15) is 0 Å². The second-order valence-corrected chi connectivity index (χ2v) is 7.68. The smallest absolute Gasteiger partial charge is 0.332 e. The molecule has 4 rings (SSSR count). The van der Waals surface area contributed by atoms with Crippen LogP contribution in [0.3, 0.4) is 0 Å². The van der Waals surface area contributed by atoms with Crippen molar-refractivity contribution in [2.75, 3.05) is 18.1 Å². The van der Waals surface area contributed by atoms with Crippen molar-refractivity contribution >= 4 is 35.2 Å². The molecule has 3 amide bonds. The van der Waals surface area contributed by atoms with Crippen LogP contribution in [0, 0.1) is 0 Å². The van der Waals surface area contributed by atoms with Gasteiger partial charge >= 0.3 is 12.0 Å². The number of halogens is 1. The highest BCUT2D eigenvalue weighted by molar-refractivity contribution is 6.30. The van der Waals surface area contributed by atoms with Crippen molar-refractivity contribution in [1.29, 1.82) is 0 Å². The highest BCUT2D eigenvalue weighted by Crippen LogP contribution is 2.36. The molecule has 7 nitrogen and oxygen atoms in total. The lowest BCUT2D eigenvalue weighted by molar-refractivity contribution is -0.146. The van der Waals surface area contributed by atoms with Crippen molar-refractivity contribution in [3.63, 3.8) is 0 Å². The van der Waals surface area contributed by atoms with Crippen LogP contribution >= 0.6 is 11.6 Å². The number of urea groups is 1. The fourth-order valence-corrected chi connectivity index (χ4v) is 3.70. The van der Waals surface area contributed by atoms with E-state index >= 15 is 0 Å². The van der Waals surface area contributed by atoms with Crippen LogP contribution in [0.2, 0.25) is 5.02 Å². The Morgan fingerprint density at radius 3 is 2.12 bits per heavy atom. The fraction of sp³-hybridized carbons (Fsp3) is 0.160. The van der Waals surface area contributed by atoms with Gasteiger partial charge in [-0.1, -0.05) is 41.9 Å². The number of carbonyl (C=O) groups is 3. The van der Waals surface area contributed by atoms with Gasteiger partial charge in [0.1, 0.15) is 24.1 Å². The summed E-state index contributed by atoms with van der Waals surface area (Å²) >= 11 is 5.91. The van der Waals surface area contributed by atoms with Gasteiger partial charge in [0.2, 0.25) is 0 Å². The number of benzene rings is 3. The van der Waals surface area contributed by atoms with Crippen LogP contribution in [-0.4, -0.2) is 36.0 Å². The molecule has 1 aliphatic heterocycles. The first-order valence-corrected chi connectivity index (χ1v) is 10.7. The molecular weight excluding hydrogens is 444 g/mol. The van der Waals surface area contributed by atoms with Gasteiger partial charge in [0, 0.05) is 10.7 Å². The average Bonchev–Trinajstić information content (AvgIpc) is 3.06. The Morgan fingerprint density at radius 1 is 0.909 bits per heavy atom. The Hall–Kier alpha value is -3.84. The molecule has 3 aromatic rings. The van der Waals surface area contributed by atoms with E-state index in [1.54, 1.807) is 79.7 Å². The Bertz CT molecular complexity index is 1150. The molecule has 1 heterocycles. The summed E-state index contributed by atoms with van der Waals surface area (Å²) in [5.41, 5.74) is 1.14. The van der Waals surface area contributed by atoms with Crippen LogP contribution in [0.1, 0.15) is 18.5 Å². The van der Waals surface area contributed by atoms with Crippen LogP contribution in [0.15, 0.2) is 78.9 Å². The fourth-order valence-electron chi connectivity index (χ4n) is 3.57. The van der Waals surface area contributed by atoms with Crippen molar-refractivity contribution in [3.8, 4) is 11.5 Å². The molecular formula is C25H21ClN2O5. The van der Waals surface area contributed by atoms with E-state index in [1.165, 1.54) is 4.90 Å². The molecule has 1 saturated heterocycles. The first-order chi connectivity index (χ1) is 16.0. The highest BCUT2D eigenvalue weighted by atomic mass is 35.5. The molecule has 0 radical (unpaired) electrons. The Morgan fingerprint density at radius 2 is 1.52 bits per heavy atom. The van der Waals surface area contributed by atoms with Gasteiger partial charge in [-0.05, 0) is 61.0 Å². The molecule has 1 atom stereocenters. The van der Waals surface area contributed by atoms with Gasteiger partial charge in [-0.25, -0.2) is 4.79 Å². The SMILES string of the molecule is CCOC(=O)CN1C(=O)C(c2ccccc2)N(c2ccc(Oc3ccc(Cl)cc3)cc2)C1=O. The second kappa shape index (κ2) is 9.75. The quantitative estimate of drug-likeness (QED) is 0.354. The number of anilines is 1. The first kappa shape index (κ1) is 22.4. The highest BCUT2D eigenvalue weighted by Gasteiger charge is 2.47. The number of ether oxygens (including phenoxy) is 2. The molecule has 1 aliphatic rings. The molecule has 33 heavy (non-hydrogen) atoms. The first-order valence-electron chi connectivity index (χ1n) is 10.4. The molecule has 3 aromatic carbocycles. The van der Waals surface area contributed by atoms with Gasteiger partial charge in [0.25, 0.3) is 5.91 Å². The van der Waals surface area contributed by atoms with E-state index in [0.717, 1.165) is 4.90 Å². The molecule has 0 N–H and O–H groups in total. The van der Waals surface area contributed by atoms with Crippen LogP contribution in [-0.2, 0) is 14.3 Å². The number of hydrogen-bond donors (Lipinski definition) is 0. The van der Waals surface area contributed by atoms with E-state index in [4.69, 9.17) is 21.1 Å². The van der Waals surface area contributed by atoms with Crippen LogP contribution in [0.25, 0.3) is 0 Å². The van der Waals surface area contributed by atoms with Crippen LogP contribution in [0.4, 0.5) is 10.5 Å². The lowest BCUT2D eigenvalue weighted by Crippen LogP contribution is -2.37. The van der Waals surface area contributed by atoms with Crippen molar-refractivity contribution in [2.45, 2.75) is 13.0 Å². The lowest BCUT2D eigenvalue weighted by atomic mass is 10.1. The number of hydrogen-bond acceptors (Lipinski definition) is 5. The number of esters is 1. The zero-order valence-corrected chi connectivity index (χ0v) is 18.6. The number of nitrogens with zero attached hydrogens (tertiary/aromatic N) is 2. The Kier molecular flexibility index (Phi) is 6.60. The van der Waals surface area contributed by atoms with Crippen LogP contribution in [0.5, 0.6) is 11.5 Å². The molecule has 0 bridgehead atoms. The minimum atomic E-state index is -0.892. The number of rotatable bonds is 7. The van der Waals surface area contributed by atoms with E-state index in [1.807, 2.05) is 6.07 Å². The predicted octanol–water partition coefficient (Wildman–Crippen LogP) is 5.21. The van der Waals surface area contributed by atoms with Crippen molar-refractivity contribution < 1.29 is 23.9 Å². The molecule has 0 saturated carbocycles. The molecule has 168 valence electrons. The summed E-state index contributed by atoms with van der Waals surface area (Å²) in [6.45, 7) is 1.39. The summed E-state index contributed by atoms with van der Waals surface area (Å²) in [6, 6.07) is 21.2. The molecule has 0 aliphatic carbocycles. The van der Waals surface area contributed by atoms with Gasteiger partial charge in [-0.15, -0.1) is 0 Å². The minimum absolute atomic E-state index is 0.163. The van der Waals surface area contributed by atoms with Crippen molar-refractivity contribution in [3.05, 3.63) is 89.4 Å². The number of carbonyl (C=O) groups excluding carboxylic acids is 3. The van der Waals surface area contributed by atoms with Crippen molar-refractivity contribution in [2.24, 2.45) is 0 Å². The van der Waals surface area contributed by atoms with Gasteiger partial charge in [0.15, 0.2) is 0 Å². The summed E-state index contributed by atoms with van der Waals surface area (Å²) in [5, 5.41) is 0.606. The maximum atomic E-state index is 13.2. The minimum Gasteiger partial charge on any atom is -0.465 e. The van der Waals surface area contributed by atoms with E-state index in [9.17, 15) is 14.4 Å². The summed E-state index contributed by atoms with van der Waals surface area (Å²) in [5.74, 6) is 0.0429. The van der Waals surface area contributed by atoms with E-state index < -0.39 is 30.5 Å². The van der Waals surface area contributed by atoms with E-state index in [0.29, 0.717) is 27.8 Å². The number of amides is 3. The molecule has 1 unspecified atom stereocenters. The largest absolute Gasteiger partial charge is 0.465 e. The Labute approximate surface area is 196 Å². The van der Waals surface area contributed by atoms with Gasteiger partial charge in [-0.3, -0.25) is 19.4 Å². The Balaban J connectivity index is 1.62. The van der Waals surface area contributed by atoms with Gasteiger partial charge < -0.3 is 9.47 Å². The summed E-state index contributed by atoms with van der Waals surface area (Å²) in [7, 11) is 0. The molecule has 8 heteroatoms. The monoisotopic (exact) mass is 464 g/mol. The van der Waals surface area contributed by atoms with Crippen LogP contribution < -0.4 is 9.64 Å². The van der Waals surface area contributed by atoms with E-state index in [2.05, 4.69) is 0 Å².